The molecule has 102 valence electrons. The monoisotopic (exact) mass is 319 g/mol. The van der Waals surface area contributed by atoms with Gasteiger partial charge in [0, 0.05) is 6.54 Å². The Kier molecular flexibility index (Phi) is 4.68. The Morgan fingerprint density at radius 3 is 2.63 bits per heavy atom. The summed E-state index contributed by atoms with van der Waals surface area (Å²) in [6.45, 7) is 1.85. The lowest BCUT2D eigenvalue weighted by Gasteiger charge is -2.01. The van der Waals surface area contributed by atoms with Gasteiger partial charge in [-0.15, -0.1) is 12.4 Å². The second-order valence-corrected chi connectivity index (χ2v) is 5.06. The molecule has 1 aliphatic heterocycles. The molecule has 3 rings (SSSR count). The zero-order valence-corrected chi connectivity index (χ0v) is 12.2. The number of hydrogen-bond donors (Lipinski definition) is 1. The topological polar surface area (TPSA) is 51.0 Å². The number of benzene rings is 1. The molecule has 0 saturated carbocycles. The van der Waals surface area contributed by atoms with Crippen molar-refractivity contribution < 1.29 is 4.52 Å². The third kappa shape index (κ3) is 2.87. The molecule has 0 bridgehead atoms. The number of nitrogens with one attached hydrogen (secondary N) is 1. The zero-order chi connectivity index (χ0) is 12.5. The van der Waals surface area contributed by atoms with Crippen LogP contribution in [0, 0.1) is 0 Å². The lowest BCUT2D eigenvalue weighted by atomic mass is 10.1. The fourth-order valence-corrected chi connectivity index (χ4v) is 2.65. The second kappa shape index (κ2) is 6.09. The van der Waals surface area contributed by atoms with E-state index in [1.165, 1.54) is 0 Å². The van der Waals surface area contributed by atoms with E-state index in [4.69, 9.17) is 27.7 Å². The third-order valence-corrected chi connectivity index (χ3v) is 3.67. The molecule has 1 N–H and O–H groups in total. The minimum Gasteiger partial charge on any atom is -0.339 e. The number of rotatable bonds is 2. The molecule has 2 aromatic rings. The molecule has 0 aliphatic carbocycles. The van der Waals surface area contributed by atoms with Gasteiger partial charge in [-0.05, 0) is 25.1 Å². The normalized spacial score (nSPS) is 18.3. The average molecular weight is 321 g/mol. The zero-order valence-electron chi connectivity index (χ0n) is 9.90. The smallest absolute Gasteiger partial charge is 0.231 e. The highest BCUT2D eigenvalue weighted by Crippen LogP contribution is 2.33. The van der Waals surface area contributed by atoms with Gasteiger partial charge >= 0.3 is 0 Å². The van der Waals surface area contributed by atoms with Crippen molar-refractivity contribution in [3.63, 3.8) is 0 Å². The van der Waals surface area contributed by atoms with Crippen molar-refractivity contribution in [2.75, 3.05) is 13.1 Å². The summed E-state index contributed by atoms with van der Waals surface area (Å²) in [7, 11) is 0. The molecule has 2 heterocycles. The van der Waals surface area contributed by atoms with Crippen molar-refractivity contribution in [2.24, 2.45) is 0 Å². The first-order chi connectivity index (χ1) is 8.75. The Hall–Kier alpha value is -0.810. The van der Waals surface area contributed by atoms with Crippen LogP contribution in [0.1, 0.15) is 18.2 Å². The maximum Gasteiger partial charge on any atom is 0.231 e. The van der Waals surface area contributed by atoms with Crippen LogP contribution in [0.2, 0.25) is 10.0 Å². The molecule has 7 heteroatoms. The van der Waals surface area contributed by atoms with Gasteiger partial charge in [0.2, 0.25) is 11.7 Å². The molecule has 1 aromatic carbocycles. The molecule has 1 atom stereocenters. The van der Waals surface area contributed by atoms with Gasteiger partial charge in [-0.2, -0.15) is 4.98 Å². The van der Waals surface area contributed by atoms with Crippen LogP contribution in [0.15, 0.2) is 22.7 Å². The fourth-order valence-electron chi connectivity index (χ4n) is 2.08. The van der Waals surface area contributed by atoms with Crippen LogP contribution in [0.5, 0.6) is 0 Å². The lowest BCUT2D eigenvalue weighted by molar-refractivity contribution is 0.359. The molecule has 1 aromatic heterocycles. The summed E-state index contributed by atoms with van der Waals surface area (Å²) >= 11 is 12.2. The van der Waals surface area contributed by atoms with Gasteiger partial charge in [0.25, 0.3) is 0 Å². The summed E-state index contributed by atoms with van der Waals surface area (Å²) < 4.78 is 5.29. The number of aromatic nitrogens is 2. The molecule has 1 aliphatic rings. The number of nitrogens with zero attached hydrogens (tertiary/aromatic N) is 2. The Labute approximate surface area is 126 Å². The highest BCUT2D eigenvalue weighted by Gasteiger charge is 2.24. The van der Waals surface area contributed by atoms with Gasteiger partial charge in [-0.1, -0.05) is 34.4 Å². The summed E-state index contributed by atoms with van der Waals surface area (Å²) in [6.07, 6.45) is 1.01. The van der Waals surface area contributed by atoms with Crippen LogP contribution in [0.25, 0.3) is 11.4 Å². The quantitative estimate of drug-likeness (QED) is 0.919. The Bertz CT molecular complexity index is 547. The maximum absolute atomic E-state index is 6.11. The van der Waals surface area contributed by atoms with Gasteiger partial charge in [0.1, 0.15) is 0 Å². The van der Waals surface area contributed by atoms with E-state index in [0.717, 1.165) is 19.5 Å². The molecule has 1 saturated heterocycles. The van der Waals surface area contributed by atoms with Crippen LogP contribution in [0.4, 0.5) is 0 Å². The minimum absolute atomic E-state index is 0. The van der Waals surface area contributed by atoms with E-state index >= 15 is 0 Å². The number of hydrogen-bond acceptors (Lipinski definition) is 4. The maximum atomic E-state index is 6.11. The van der Waals surface area contributed by atoms with Gasteiger partial charge < -0.3 is 9.84 Å². The van der Waals surface area contributed by atoms with Crippen LogP contribution >= 0.6 is 35.6 Å². The summed E-state index contributed by atoms with van der Waals surface area (Å²) in [5, 5.41) is 8.29. The van der Waals surface area contributed by atoms with Gasteiger partial charge in [0.05, 0.1) is 21.5 Å². The Morgan fingerprint density at radius 1 is 1.26 bits per heavy atom. The van der Waals surface area contributed by atoms with Crippen molar-refractivity contribution in [1.29, 1.82) is 0 Å². The highest BCUT2D eigenvalue weighted by molar-refractivity contribution is 6.38. The summed E-state index contributed by atoms with van der Waals surface area (Å²) in [5.74, 6) is 1.38. The van der Waals surface area contributed by atoms with Crippen molar-refractivity contribution in [1.82, 2.24) is 15.5 Å². The van der Waals surface area contributed by atoms with Crippen LogP contribution in [-0.4, -0.2) is 23.2 Å². The lowest BCUT2D eigenvalue weighted by Crippen LogP contribution is -2.08. The SMILES string of the molecule is Cl.Clc1cccc(Cl)c1-c1noc([C@@H]2CCNC2)n1. The molecule has 0 radical (unpaired) electrons. The van der Waals surface area contributed by atoms with E-state index in [1.54, 1.807) is 18.2 Å². The van der Waals surface area contributed by atoms with E-state index in [0.29, 0.717) is 27.3 Å². The van der Waals surface area contributed by atoms with Crippen LogP contribution in [-0.2, 0) is 0 Å². The summed E-state index contributed by atoms with van der Waals surface area (Å²) in [4.78, 5) is 4.40. The van der Waals surface area contributed by atoms with Crippen molar-refractivity contribution in [3.05, 3.63) is 34.1 Å². The molecule has 19 heavy (non-hydrogen) atoms. The van der Waals surface area contributed by atoms with E-state index in [2.05, 4.69) is 15.5 Å². The predicted octanol–water partition coefficient (Wildman–Crippen LogP) is 3.54. The van der Waals surface area contributed by atoms with Gasteiger partial charge in [-0.3, -0.25) is 0 Å². The van der Waals surface area contributed by atoms with E-state index in [-0.39, 0.29) is 18.3 Å². The summed E-state index contributed by atoms with van der Waals surface area (Å²) in [5.41, 5.74) is 0.627. The van der Waals surface area contributed by atoms with Gasteiger partial charge in [-0.25, -0.2) is 0 Å². The fraction of sp³-hybridized carbons (Fsp3) is 0.333. The Morgan fingerprint density at radius 2 is 2.00 bits per heavy atom. The predicted molar refractivity (Wildman–Crippen MR) is 77.2 cm³/mol. The van der Waals surface area contributed by atoms with Crippen LogP contribution < -0.4 is 5.32 Å². The molecule has 4 nitrogen and oxygen atoms in total. The highest BCUT2D eigenvalue weighted by atomic mass is 35.5. The molecular formula is C12H12Cl3N3O. The standard InChI is InChI=1S/C12H11Cl2N3O.ClH/c13-8-2-1-3-9(14)10(8)11-16-12(18-17-11)7-4-5-15-6-7;/h1-3,7,15H,4-6H2;1H/t7-;/m1./s1. The average Bonchev–Trinajstić information content (AvgIpc) is 2.99. The minimum atomic E-state index is 0. The van der Waals surface area contributed by atoms with E-state index < -0.39 is 0 Å². The summed E-state index contributed by atoms with van der Waals surface area (Å²) in [6, 6.07) is 5.31. The molecular weight excluding hydrogens is 309 g/mol. The van der Waals surface area contributed by atoms with Gasteiger partial charge in [0.15, 0.2) is 0 Å². The third-order valence-electron chi connectivity index (χ3n) is 3.04. The number of halogens is 3. The molecule has 0 amide bonds. The first-order valence-electron chi connectivity index (χ1n) is 5.74. The first kappa shape index (κ1) is 14.6. The molecule has 0 spiro atoms. The van der Waals surface area contributed by atoms with Crippen LogP contribution in [0.3, 0.4) is 0 Å². The van der Waals surface area contributed by atoms with E-state index in [1.807, 2.05) is 0 Å². The molecule has 0 unspecified atom stereocenters. The van der Waals surface area contributed by atoms with Crippen molar-refractivity contribution >= 4 is 35.6 Å². The first-order valence-corrected chi connectivity index (χ1v) is 6.50. The van der Waals surface area contributed by atoms with Crippen molar-refractivity contribution in [3.8, 4) is 11.4 Å². The second-order valence-electron chi connectivity index (χ2n) is 4.24. The molecule has 1 fully saturated rings. The van der Waals surface area contributed by atoms with E-state index in [9.17, 15) is 0 Å². The largest absolute Gasteiger partial charge is 0.339 e. The Balaban J connectivity index is 0.00000133. The van der Waals surface area contributed by atoms with Crippen molar-refractivity contribution in [2.45, 2.75) is 12.3 Å².